The van der Waals surface area contributed by atoms with Crippen molar-refractivity contribution in [2.24, 2.45) is 0 Å². The van der Waals surface area contributed by atoms with E-state index < -0.39 is 11.9 Å². The molecule has 2 rings (SSSR count). The van der Waals surface area contributed by atoms with Crippen LogP contribution >= 0.6 is 0 Å². The predicted octanol–water partition coefficient (Wildman–Crippen LogP) is 1.99. The first kappa shape index (κ1) is 21.0. The zero-order valence-corrected chi connectivity index (χ0v) is 16.8. The molecule has 1 aliphatic rings. The van der Waals surface area contributed by atoms with Gasteiger partial charge in [-0.2, -0.15) is 0 Å². The number of ether oxygens (including phenoxy) is 3. The van der Waals surface area contributed by atoms with Gasteiger partial charge in [-0.25, -0.2) is 9.59 Å². The summed E-state index contributed by atoms with van der Waals surface area (Å²) in [6, 6.07) is 0. The van der Waals surface area contributed by atoms with E-state index in [0.29, 0.717) is 29.9 Å². The predicted molar refractivity (Wildman–Crippen MR) is 97.7 cm³/mol. The van der Waals surface area contributed by atoms with Gasteiger partial charge in [0.15, 0.2) is 6.61 Å². The van der Waals surface area contributed by atoms with Gasteiger partial charge in [-0.1, -0.05) is 0 Å². The summed E-state index contributed by atoms with van der Waals surface area (Å²) in [6.07, 6.45) is -0.384. The molecule has 2 atom stereocenters. The van der Waals surface area contributed by atoms with E-state index in [-0.39, 0.29) is 36.5 Å². The Morgan fingerprint density at radius 3 is 2.30 bits per heavy atom. The molecule has 0 bridgehead atoms. The van der Waals surface area contributed by atoms with Gasteiger partial charge in [-0.15, -0.1) is 0 Å². The Morgan fingerprint density at radius 1 is 1.15 bits per heavy atom. The second-order valence-corrected chi connectivity index (χ2v) is 7.21. The molecular weight excluding hydrogens is 352 g/mol. The van der Waals surface area contributed by atoms with Gasteiger partial charge in [-0.3, -0.25) is 4.79 Å². The van der Waals surface area contributed by atoms with Crippen LogP contribution in [-0.2, 0) is 19.0 Å². The van der Waals surface area contributed by atoms with Crippen LogP contribution in [-0.4, -0.2) is 65.7 Å². The van der Waals surface area contributed by atoms with Gasteiger partial charge in [0, 0.05) is 18.8 Å². The Kier molecular flexibility index (Phi) is 6.64. The summed E-state index contributed by atoms with van der Waals surface area (Å²) in [5, 5.41) is 0. The molecule has 1 aromatic heterocycles. The fourth-order valence-electron chi connectivity index (χ4n) is 3.21. The summed E-state index contributed by atoms with van der Waals surface area (Å²) in [6.45, 7) is 11.2. The monoisotopic (exact) mass is 380 g/mol. The summed E-state index contributed by atoms with van der Waals surface area (Å²) in [4.78, 5) is 41.4. The highest BCUT2D eigenvalue weighted by atomic mass is 16.5. The molecule has 1 saturated heterocycles. The molecule has 0 radical (unpaired) electrons. The molecule has 0 spiro atoms. The third-order valence-corrected chi connectivity index (χ3v) is 4.29. The van der Waals surface area contributed by atoms with Gasteiger partial charge in [-0.05, 0) is 47.1 Å². The fourth-order valence-corrected chi connectivity index (χ4v) is 3.21. The van der Waals surface area contributed by atoms with Crippen molar-refractivity contribution in [1.29, 1.82) is 0 Å². The van der Waals surface area contributed by atoms with Gasteiger partial charge < -0.3 is 24.1 Å². The Balaban J connectivity index is 2.02. The molecule has 150 valence electrons. The minimum atomic E-state index is -0.679. The van der Waals surface area contributed by atoms with Crippen molar-refractivity contribution in [3.05, 3.63) is 22.5 Å². The number of esters is 2. The number of carbonyl (C=O) groups excluding carboxylic acids is 3. The molecule has 27 heavy (non-hydrogen) atoms. The van der Waals surface area contributed by atoms with Crippen molar-refractivity contribution >= 4 is 17.8 Å². The topological polar surface area (TPSA) is 97.9 Å². The van der Waals surface area contributed by atoms with E-state index >= 15 is 0 Å². The maximum absolute atomic E-state index is 12.4. The summed E-state index contributed by atoms with van der Waals surface area (Å²) in [5.41, 5.74) is 1.44. The smallest absolute Gasteiger partial charge is 0.355 e. The minimum absolute atomic E-state index is 0.0590. The van der Waals surface area contributed by atoms with Gasteiger partial charge in [0.2, 0.25) is 0 Å². The third kappa shape index (κ3) is 5.09. The van der Waals surface area contributed by atoms with Crippen LogP contribution in [0.25, 0.3) is 0 Å². The number of amides is 1. The van der Waals surface area contributed by atoms with Gasteiger partial charge in [0.1, 0.15) is 5.69 Å². The fraction of sp³-hybridized carbons (Fsp3) is 0.632. The van der Waals surface area contributed by atoms with Crippen molar-refractivity contribution in [3.63, 3.8) is 0 Å². The summed E-state index contributed by atoms with van der Waals surface area (Å²) < 4.78 is 16.0. The number of aromatic nitrogens is 1. The number of aryl methyl sites for hydroxylation is 1. The zero-order valence-electron chi connectivity index (χ0n) is 16.8. The normalized spacial score (nSPS) is 19.9. The van der Waals surface area contributed by atoms with Crippen LogP contribution in [0.1, 0.15) is 59.8 Å². The quantitative estimate of drug-likeness (QED) is 0.785. The number of aromatic amines is 1. The number of carbonyl (C=O) groups is 3. The van der Waals surface area contributed by atoms with Crippen molar-refractivity contribution in [3.8, 4) is 0 Å². The van der Waals surface area contributed by atoms with E-state index in [1.807, 2.05) is 13.8 Å². The lowest BCUT2D eigenvalue weighted by Gasteiger charge is -2.35. The molecule has 2 heterocycles. The van der Waals surface area contributed by atoms with Crippen LogP contribution in [0.15, 0.2) is 0 Å². The second kappa shape index (κ2) is 8.56. The van der Waals surface area contributed by atoms with Crippen molar-refractivity contribution in [2.75, 3.05) is 19.7 Å². The highest BCUT2D eigenvalue weighted by Gasteiger charge is 2.28. The average molecular weight is 380 g/mol. The molecule has 8 heteroatoms. The number of H-pyrrole nitrogens is 1. The van der Waals surface area contributed by atoms with Crippen molar-refractivity contribution in [1.82, 2.24) is 9.88 Å². The number of nitrogens with one attached hydrogen (secondary N) is 1. The maximum atomic E-state index is 12.4. The van der Waals surface area contributed by atoms with E-state index in [9.17, 15) is 14.4 Å². The van der Waals surface area contributed by atoms with Gasteiger partial charge in [0.05, 0.1) is 23.9 Å². The zero-order chi connectivity index (χ0) is 20.3. The summed E-state index contributed by atoms with van der Waals surface area (Å²) in [7, 11) is 0. The molecule has 1 amide bonds. The van der Waals surface area contributed by atoms with Crippen molar-refractivity contribution < 1.29 is 28.6 Å². The van der Waals surface area contributed by atoms with Crippen LogP contribution in [0.2, 0.25) is 0 Å². The lowest BCUT2D eigenvalue weighted by molar-refractivity contribution is -0.146. The number of morpholine rings is 1. The van der Waals surface area contributed by atoms with Gasteiger partial charge >= 0.3 is 11.9 Å². The van der Waals surface area contributed by atoms with Crippen LogP contribution in [0.5, 0.6) is 0 Å². The van der Waals surface area contributed by atoms with E-state index in [0.717, 1.165) is 0 Å². The van der Waals surface area contributed by atoms with Crippen LogP contribution in [0.3, 0.4) is 0 Å². The average Bonchev–Trinajstić information content (AvgIpc) is 2.85. The first-order chi connectivity index (χ1) is 12.6. The van der Waals surface area contributed by atoms with Crippen LogP contribution in [0, 0.1) is 13.8 Å². The van der Waals surface area contributed by atoms with Crippen LogP contribution < -0.4 is 0 Å². The Morgan fingerprint density at radius 2 is 1.74 bits per heavy atom. The van der Waals surface area contributed by atoms with E-state index in [1.54, 1.807) is 32.6 Å². The molecule has 0 aliphatic carbocycles. The lowest BCUT2D eigenvalue weighted by atomic mass is 10.1. The highest BCUT2D eigenvalue weighted by Crippen LogP contribution is 2.20. The van der Waals surface area contributed by atoms with Crippen molar-refractivity contribution in [2.45, 2.75) is 59.9 Å². The molecule has 0 aromatic carbocycles. The van der Waals surface area contributed by atoms with Crippen LogP contribution in [0.4, 0.5) is 0 Å². The molecular formula is C19H28N2O6. The molecule has 1 aromatic rings. The first-order valence-corrected chi connectivity index (χ1v) is 9.10. The molecule has 0 saturated carbocycles. The van der Waals surface area contributed by atoms with E-state index in [4.69, 9.17) is 14.2 Å². The maximum Gasteiger partial charge on any atom is 0.355 e. The first-order valence-electron chi connectivity index (χ1n) is 9.10. The minimum Gasteiger partial charge on any atom is -0.459 e. The third-order valence-electron chi connectivity index (χ3n) is 4.29. The van der Waals surface area contributed by atoms with E-state index in [2.05, 4.69) is 4.98 Å². The lowest BCUT2D eigenvalue weighted by Crippen LogP contribution is -2.49. The largest absolute Gasteiger partial charge is 0.459 e. The molecule has 1 fully saturated rings. The standard InChI is InChI=1S/C19H28N2O6/c1-10(2)26-18(23)16-13(5)17(20-14(16)6)19(24)25-9-15(22)21-7-11(3)27-12(4)8-21/h10-12,20H,7-9H2,1-6H3/t11-,12-/m1/s1. The molecule has 1 N–H and O–H groups in total. The molecule has 1 aliphatic heterocycles. The number of nitrogens with zero attached hydrogens (tertiary/aromatic N) is 1. The summed E-state index contributed by atoms with van der Waals surface area (Å²) in [5.74, 6) is -1.45. The number of hydrogen-bond acceptors (Lipinski definition) is 6. The highest BCUT2D eigenvalue weighted by molar-refractivity contribution is 5.99. The molecule has 8 nitrogen and oxygen atoms in total. The van der Waals surface area contributed by atoms with E-state index in [1.165, 1.54) is 0 Å². The number of rotatable bonds is 5. The second-order valence-electron chi connectivity index (χ2n) is 7.21. The SMILES string of the molecule is Cc1[nH]c(C(=O)OCC(=O)N2C[C@@H](C)O[C@H](C)C2)c(C)c1C(=O)OC(C)C. The Labute approximate surface area is 159 Å². The number of hydrogen-bond donors (Lipinski definition) is 1. The Hall–Kier alpha value is -2.35. The summed E-state index contributed by atoms with van der Waals surface area (Å²) >= 11 is 0. The Bertz CT molecular complexity index is 714. The molecule has 0 unspecified atom stereocenters. The van der Waals surface area contributed by atoms with Gasteiger partial charge in [0.25, 0.3) is 5.91 Å².